The Balaban J connectivity index is 1.39. The highest BCUT2D eigenvalue weighted by atomic mass is 35.5. The van der Waals surface area contributed by atoms with Crippen molar-refractivity contribution >= 4 is 51.3 Å². The quantitative estimate of drug-likeness (QED) is 0.430. The zero-order valence-electron chi connectivity index (χ0n) is 19.8. The van der Waals surface area contributed by atoms with Crippen molar-refractivity contribution in [3.8, 4) is 0 Å². The molecule has 0 atom stereocenters. The fourth-order valence-electron chi connectivity index (χ4n) is 4.11. The van der Waals surface area contributed by atoms with Crippen LogP contribution in [0.5, 0.6) is 0 Å². The van der Waals surface area contributed by atoms with Crippen LogP contribution in [0.2, 0.25) is 10.0 Å². The van der Waals surface area contributed by atoms with Crippen molar-refractivity contribution in [3.63, 3.8) is 0 Å². The van der Waals surface area contributed by atoms with E-state index in [0.717, 1.165) is 42.3 Å². The Kier molecular flexibility index (Phi) is 7.83. The van der Waals surface area contributed by atoms with Crippen LogP contribution in [-0.4, -0.2) is 48.5 Å². The maximum absolute atomic E-state index is 12.8. The van der Waals surface area contributed by atoms with Crippen LogP contribution < -0.4 is 10.2 Å². The highest BCUT2D eigenvalue weighted by molar-refractivity contribution is 7.15. The van der Waals surface area contributed by atoms with Gasteiger partial charge in [0.15, 0.2) is 5.13 Å². The molecule has 2 aromatic carbocycles. The number of carbonyl (C=O) groups is 1. The molecule has 1 aromatic heterocycles. The number of benzene rings is 2. The van der Waals surface area contributed by atoms with Crippen LogP contribution in [0.1, 0.15) is 36.9 Å². The molecule has 1 aliphatic heterocycles. The van der Waals surface area contributed by atoms with E-state index in [2.05, 4.69) is 60.2 Å². The number of nitrogens with one attached hydrogen (secondary N) is 1. The number of thiazole rings is 1. The number of hydrogen-bond donors (Lipinski definition) is 1. The van der Waals surface area contributed by atoms with Crippen LogP contribution >= 0.6 is 34.5 Å². The summed E-state index contributed by atoms with van der Waals surface area (Å²) >= 11 is 14.0. The number of rotatable bonds is 6. The smallest absolute Gasteiger partial charge is 0.240 e. The first kappa shape index (κ1) is 25.0. The molecular weight excluding hydrogens is 487 g/mol. The molecular formula is C26H30Cl2N4OS. The minimum atomic E-state index is -0.151. The molecule has 1 fully saturated rings. The number of hydrogen-bond acceptors (Lipinski definition) is 5. The second kappa shape index (κ2) is 10.6. The van der Waals surface area contributed by atoms with Crippen molar-refractivity contribution in [2.24, 2.45) is 0 Å². The average Bonchev–Trinajstić information content (AvgIpc) is 3.19. The molecule has 180 valence electrons. The number of amides is 1. The molecule has 1 amide bonds. The molecule has 1 saturated heterocycles. The highest BCUT2D eigenvalue weighted by Gasteiger charge is 2.25. The topological polar surface area (TPSA) is 48.5 Å². The van der Waals surface area contributed by atoms with Crippen molar-refractivity contribution in [1.29, 1.82) is 0 Å². The van der Waals surface area contributed by atoms with E-state index >= 15 is 0 Å². The van der Waals surface area contributed by atoms with E-state index in [1.54, 1.807) is 6.07 Å². The lowest BCUT2D eigenvalue weighted by Crippen LogP contribution is -2.48. The fourth-order valence-corrected chi connectivity index (χ4v) is 5.80. The van der Waals surface area contributed by atoms with Gasteiger partial charge in [0.1, 0.15) is 0 Å². The van der Waals surface area contributed by atoms with Gasteiger partial charge in [-0.15, -0.1) is 11.3 Å². The number of nitrogens with zero attached hydrogens (tertiary/aromatic N) is 3. The molecule has 34 heavy (non-hydrogen) atoms. The Hall–Kier alpha value is -2.12. The second-order valence-electron chi connectivity index (χ2n) is 9.60. The number of halogens is 2. The van der Waals surface area contributed by atoms with Gasteiger partial charge in [0.2, 0.25) is 5.91 Å². The third-order valence-corrected chi connectivity index (χ3v) is 7.44. The van der Waals surface area contributed by atoms with E-state index in [9.17, 15) is 4.79 Å². The predicted molar refractivity (Wildman–Crippen MR) is 144 cm³/mol. The van der Waals surface area contributed by atoms with Gasteiger partial charge in [-0.1, -0.05) is 68.2 Å². The van der Waals surface area contributed by atoms with Gasteiger partial charge in [-0.05, 0) is 29.8 Å². The van der Waals surface area contributed by atoms with Crippen LogP contribution in [0.15, 0.2) is 48.5 Å². The van der Waals surface area contributed by atoms with E-state index in [0.29, 0.717) is 28.1 Å². The number of para-hydroxylation sites is 1. The van der Waals surface area contributed by atoms with Crippen molar-refractivity contribution in [2.75, 3.05) is 42.9 Å². The summed E-state index contributed by atoms with van der Waals surface area (Å²) < 4.78 is 0. The summed E-state index contributed by atoms with van der Waals surface area (Å²) in [6.45, 7) is 10.3. The summed E-state index contributed by atoms with van der Waals surface area (Å²) in [5.41, 5.74) is 3.06. The Morgan fingerprint density at radius 3 is 2.41 bits per heavy atom. The molecule has 0 spiro atoms. The Bertz CT molecular complexity index is 1140. The predicted octanol–water partition coefficient (Wildman–Crippen LogP) is 6.10. The van der Waals surface area contributed by atoms with Gasteiger partial charge in [-0.25, -0.2) is 4.98 Å². The minimum Gasteiger partial charge on any atom is -0.369 e. The minimum absolute atomic E-state index is 0.0292. The molecule has 5 nitrogen and oxygen atoms in total. The lowest BCUT2D eigenvalue weighted by Gasteiger charge is -2.35. The molecule has 2 heterocycles. The summed E-state index contributed by atoms with van der Waals surface area (Å²) in [5.74, 6) is -0.0292. The Morgan fingerprint density at radius 1 is 1.06 bits per heavy atom. The monoisotopic (exact) mass is 516 g/mol. The summed E-state index contributed by atoms with van der Waals surface area (Å²) in [7, 11) is 0. The molecule has 1 N–H and O–H groups in total. The standard InChI is InChI=1S/C26H30Cl2N4OS/c1-26(2,3)24-22(15-18-9-10-19(27)16-21(18)28)34-25(30-24)29-23(33)17-31-11-13-32(14-12-31)20-7-5-4-6-8-20/h4-10,16H,11-15,17H2,1-3H3,(H,29,30,33). The van der Waals surface area contributed by atoms with Crippen molar-refractivity contribution in [2.45, 2.75) is 32.6 Å². The third-order valence-electron chi connectivity index (χ3n) is 5.88. The first-order valence-corrected chi connectivity index (χ1v) is 13.0. The largest absolute Gasteiger partial charge is 0.369 e. The summed E-state index contributed by atoms with van der Waals surface area (Å²) in [5, 5.41) is 4.93. The zero-order chi connectivity index (χ0) is 24.3. The van der Waals surface area contributed by atoms with Crippen LogP contribution in [0.3, 0.4) is 0 Å². The van der Waals surface area contributed by atoms with Crippen molar-refractivity contribution in [3.05, 3.63) is 74.7 Å². The SMILES string of the molecule is CC(C)(C)c1nc(NC(=O)CN2CCN(c3ccccc3)CC2)sc1Cc1ccc(Cl)cc1Cl. The molecule has 0 aliphatic carbocycles. The van der Waals surface area contributed by atoms with Gasteiger partial charge in [0.25, 0.3) is 0 Å². The zero-order valence-corrected chi connectivity index (χ0v) is 22.1. The lowest BCUT2D eigenvalue weighted by atomic mass is 9.90. The Morgan fingerprint density at radius 2 is 1.76 bits per heavy atom. The van der Waals surface area contributed by atoms with Crippen LogP contribution in [0.25, 0.3) is 0 Å². The van der Waals surface area contributed by atoms with Crippen LogP contribution in [0, 0.1) is 0 Å². The third kappa shape index (κ3) is 6.30. The molecule has 0 saturated carbocycles. The molecule has 0 bridgehead atoms. The van der Waals surface area contributed by atoms with Gasteiger partial charge < -0.3 is 10.2 Å². The molecule has 3 aromatic rings. The Labute approximate surface area is 215 Å². The highest BCUT2D eigenvalue weighted by Crippen LogP contribution is 2.35. The second-order valence-corrected chi connectivity index (χ2v) is 11.5. The van der Waals surface area contributed by atoms with E-state index < -0.39 is 0 Å². The molecule has 0 unspecified atom stereocenters. The van der Waals surface area contributed by atoms with Crippen LogP contribution in [-0.2, 0) is 16.6 Å². The maximum Gasteiger partial charge on any atom is 0.240 e. The van der Waals surface area contributed by atoms with E-state index in [4.69, 9.17) is 28.2 Å². The molecule has 8 heteroatoms. The van der Waals surface area contributed by atoms with Gasteiger partial charge in [0.05, 0.1) is 12.2 Å². The van der Waals surface area contributed by atoms with Gasteiger partial charge >= 0.3 is 0 Å². The number of carbonyl (C=O) groups excluding carboxylic acids is 1. The van der Waals surface area contributed by atoms with Crippen molar-refractivity contribution < 1.29 is 4.79 Å². The molecule has 0 radical (unpaired) electrons. The first-order valence-electron chi connectivity index (χ1n) is 11.5. The number of aromatic nitrogens is 1. The van der Waals surface area contributed by atoms with Crippen LogP contribution in [0.4, 0.5) is 10.8 Å². The molecule has 4 rings (SSSR count). The average molecular weight is 518 g/mol. The van der Waals surface area contributed by atoms with Gasteiger partial charge in [-0.3, -0.25) is 9.69 Å². The molecule has 1 aliphatic rings. The number of piperazine rings is 1. The van der Waals surface area contributed by atoms with E-state index in [-0.39, 0.29) is 11.3 Å². The maximum atomic E-state index is 12.8. The van der Waals surface area contributed by atoms with Gasteiger partial charge in [-0.2, -0.15) is 0 Å². The number of anilines is 2. The van der Waals surface area contributed by atoms with E-state index in [1.807, 2.05) is 18.2 Å². The summed E-state index contributed by atoms with van der Waals surface area (Å²) in [4.78, 5) is 23.3. The summed E-state index contributed by atoms with van der Waals surface area (Å²) in [6, 6.07) is 16.0. The van der Waals surface area contributed by atoms with Gasteiger partial charge in [0, 0.05) is 58.6 Å². The van der Waals surface area contributed by atoms with Crippen molar-refractivity contribution in [1.82, 2.24) is 9.88 Å². The first-order chi connectivity index (χ1) is 16.2. The lowest BCUT2D eigenvalue weighted by molar-refractivity contribution is -0.117. The summed E-state index contributed by atoms with van der Waals surface area (Å²) in [6.07, 6.45) is 0.650. The van der Waals surface area contributed by atoms with E-state index in [1.165, 1.54) is 17.0 Å². The fraction of sp³-hybridized carbons (Fsp3) is 0.385. The normalized spacial score (nSPS) is 14.9.